The van der Waals surface area contributed by atoms with Gasteiger partial charge in [0.05, 0.1) is 17.6 Å². The molecule has 1 aromatic carbocycles. The van der Waals surface area contributed by atoms with Crippen molar-refractivity contribution in [2.45, 2.75) is 19.9 Å². The van der Waals surface area contributed by atoms with E-state index in [4.69, 9.17) is 0 Å². The van der Waals surface area contributed by atoms with Gasteiger partial charge in [0, 0.05) is 14.1 Å². The van der Waals surface area contributed by atoms with Crippen molar-refractivity contribution in [3.8, 4) is 0 Å². The van der Waals surface area contributed by atoms with E-state index >= 15 is 0 Å². The zero-order chi connectivity index (χ0) is 23.7. The number of amides is 2. The Hall–Kier alpha value is -4.13. The Morgan fingerprint density at radius 3 is 2.55 bits per heavy atom. The summed E-state index contributed by atoms with van der Waals surface area (Å²) in [7, 11) is 2.86. The van der Waals surface area contributed by atoms with E-state index in [1.807, 2.05) is 6.92 Å². The van der Waals surface area contributed by atoms with Crippen molar-refractivity contribution in [3.05, 3.63) is 62.0 Å². The predicted octanol–water partition coefficient (Wildman–Crippen LogP) is 0.739. The van der Waals surface area contributed by atoms with Crippen molar-refractivity contribution in [1.29, 1.82) is 0 Å². The third kappa shape index (κ3) is 4.17. The molecule has 3 aromatic heterocycles. The Labute approximate surface area is 190 Å². The average Bonchev–Trinajstić information content (AvgIpc) is 3.43. The van der Waals surface area contributed by atoms with E-state index in [1.165, 1.54) is 40.9 Å². The molecule has 13 heteroatoms. The van der Waals surface area contributed by atoms with E-state index in [0.717, 1.165) is 9.57 Å². The molecule has 0 bridgehead atoms. The Morgan fingerprint density at radius 1 is 1.06 bits per heavy atom. The second-order valence-corrected chi connectivity index (χ2v) is 8.21. The molecule has 0 spiro atoms. The zero-order valence-electron chi connectivity index (χ0n) is 18.0. The predicted molar refractivity (Wildman–Crippen MR) is 123 cm³/mol. The number of aryl methyl sites for hydroxylation is 2. The molecule has 0 aliphatic heterocycles. The minimum atomic E-state index is -0.554. The number of anilines is 2. The summed E-state index contributed by atoms with van der Waals surface area (Å²) in [6.45, 7) is 1.70. The number of hydrogen-bond donors (Lipinski definition) is 2. The molecular weight excluding hydrogens is 448 g/mol. The molecule has 170 valence electrons. The zero-order valence-corrected chi connectivity index (χ0v) is 18.8. The lowest BCUT2D eigenvalue weighted by molar-refractivity contribution is -0.116. The lowest BCUT2D eigenvalue weighted by Gasteiger charge is -2.11. The third-order valence-corrected chi connectivity index (χ3v) is 5.95. The van der Waals surface area contributed by atoms with Gasteiger partial charge in [-0.25, -0.2) is 9.78 Å². The van der Waals surface area contributed by atoms with Gasteiger partial charge in [-0.05, 0) is 18.6 Å². The Morgan fingerprint density at radius 2 is 1.82 bits per heavy atom. The van der Waals surface area contributed by atoms with Crippen LogP contribution in [0.15, 0.2) is 40.2 Å². The summed E-state index contributed by atoms with van der Waals surface area (Å²) in [5.74, 6) is -0.920. The van der Waals surface area contributed by atoms with Gasteiger partial charge in [-0.1, -0.05) is 30.4 Å². The maximum Gasteiger partial charge on any atom is 0.332 e. The number of hydrogen-bond acceptors (Lipinski definition) is 8. The number of carbonyl (C=O) groups excluding carboxylic acids is 2. The second kappa shape index (κ2) is 8.78. The summed E-state index contributed by atoms with van der Waals surface area (Å²) >= 11 is 1.28. The summed E-state index contributed by atoms with van der Waals surface area (Å²) in [5, 5.41) is 14.4. The molecule has 33 heavy (non-hydrogen) atoms. The van der Waals surface area contributed by atoms with E-state index in [-0.39, 0.29) is 23.3 Å². The molecule has 4 aromatic rings. The van der Waals surface area contributed by atoms with Crippen molar-refractivity contribution >= 4 is 45.1 Å². The highest BCUT2D eigenvalue weighted by atomic mass is 32.1. The molecule has 3 heterocycles. The van der Waals surface area contributed by atoms with Crippen molar-refractivity contribution < 1.29 is 9.59 Å². The maximum atomic E-state index is 12.8. The molecule has 2 amide bonds. The Balaban J connectivity index is 1.56. The fourth-order valence-electron chi connectivity index (χ4n) is 3.26. The van der Waals surface area contributed by atoms with Gasteiger partial charge in [-0.2, -0.15) is 0 Å². The van der Waals surface area contributed by atoms with Gasteiger partial charge >= 0.3 is 5.69 Å². The number of carbonyl (C=O) groups is 2. The largest absolute Gasteiger partial charge is 0.332 e. The molecular formula is C20H20N8O4S. The van der Waals surface area contributed by atoms with Gasteiger partial charge in [0.2, 0.25) is 11.0 Å². The molecule has 0 aliphatic rings. The van der Waals surface area contributed by atoms with Gasteiger partial charge in [0.1, 0.15) is 11.6 Å². The molecule has 0 saturated carbocycles. The minimum absolute atomic E-state index is 0.128. The number of benzene rings is 1. The van der Waals surface area contributed by atoms with Crippen LogP contribution in [0.25, 0.3) is 11.2 Å². The van der Waals surface area contributed by atoms with Crippen molar-refractivity contribution in [2.24, 2.45) is 14.1 Å². The normalized spacial score (nSPS) is 11.0. The molecule has 0 saturated heterocycles. The fourth-order valence-corrected chi connectivity index (χ4v) is 3.94. The summed E-state index contributed by atoms with van der Waals surface area (Å²) in [5.41, 5.74) is -0.217. The van der Waals surface area contributed by atoms with Crippen LogP contribution in [0.1, 0.15) is 22.3 Å². The summed E-state index contributed by atoms with van der Waals surface area (Å²) in [6.07, 6.45) is 2.03. The molecule has 0 atom stereocenters. The first-order chi connectivity index (χ1) is 15.8. The van der Waals surface area contributed by atoms with Crippen LogP contribution in [0.3, 0.4) is 0 Å². The maximum absolute atomic E-state index is 12.8. The van der Waals surface area contributed by atoms with Crippen LogP contribution >= 0.6 is 11.3 Å². The quantitative estimate of drug-likeness (QED) is 0.424. The highest BCUT2D eigenvalue weighted by molar-refractivity contribution is 7.15. The molecule has 0 unspecified atom stereocenters. The third-order valence-electron chi connectivity index (χ3n) is 4.97. The minimum Gasteiger partial charge on any atom is -0.324 e. The number of rotatable bonds is 6. The number of nitrogens with one attached hydrogen (secondary N) is 2. The van der Waals surface area contributed by atoms with Crippen LogP contribution in [0.5, 0.6) is 0 Å². The standard InChI is InChI=1S/C20H20N8O4S/c1-4-14-24-25-19(33-14)23-17(30)11-7-5-6-8-12(11)22-13(29)9-28-10-21-16-15(28)18(31)27(3)20(32)26(16)2/h5-8,10H,4,9H2,1-3H3,(H,22,29)(H,23,25,30). The Kier molecular flexibility index (Phi) is 5.87. The van der Waals surface area contributed by atoms with Crippen molar-refractivity contribution in [2.75, 3.05) is 10.6 Å². The highest BCUT2D eigenvalue weighted by Crippen LogP contribution is 2.20. The van der Waals surface area contributed by atoms with Crippen LogP contribution in [0.4, 0.5) is 10.8 Å². The summed E-state index contributed by atoms with van der Waals surface area (Å²) in [6, 6.07) is 6.53. The first-order valence-corrected chi connectivity index (χ1v) is 10.7. The number of nitrogens with zero attached hydrogens (tertiary/aromatic N) is 6. The number of para-hydroxylation sites is 1. The van der Waals surface area contributed by atoms with Crippen LogP contribution in [0.2, 0.25) is 0 Å². The molecule has 0 radical (unpaired) electrons. The second-order valence-electron chi connectivity index (χ2n) is 7.15. The van der Waals surface area contributed by atoms with Crippen LogP contribution in [-0.4, -0.2) is 40.7 Å². The van der Waals surface area contributed by atoms with E-state index in [0.29, 0.717) is 17.2 Å². The number of imidazole rings is 1. The first-order valence-electron chi connectivity index (χ1n) is 9.93. The SMILES string of the molecule is CCc1nnc(NC(=O)c2ccccc2NC(=O)Cn2cnc3c2c(=O)n(C)c(=O)n3C)s1. The van der Waals surface area contributed by atoms with Gasteiger partial charge < -0.3 is 9.88 Å². The van der Waals surface area contributed by atoms with Crippen LogP contribution in [-0.2, 0) is 31.9 Å². The Bertz CT molecular complexity index is 1500. The molecule has 12 nitrogen and oxygen atoms in total. The van der Waals surface area contributed by atoms with Gasteiger partial charge in [-0.3, -0.25) is 28.8 Å². The molecule has 0 aliphatic carbocycles. The van der Waals surface area contributed by atoms with Crippen molar-refractivity contribution in [1.82, 2.24) is 28.9 Å². The lowest BCUT2D eigenvalue weighted by atomic mass is 10.1. The van der Waals surface area contributed by atoms with E-state index in [2.05, 4.69) is 25.8 Å². The van der Waals surface area contributed by atoms with Crippen molar-refractivity contribution in [3.63, 3.8) is 0 Å². The number of aromatic nitrogens is 6. The monoisotopic (exact) mass is 468 g/mol. The molecule has 4 rings (SSSR count). The van der Waals surface area contributed by atoms with Gasteiger partial charge in [-0.15, -0.1) is 10.2 Å². The highest BCUT2D eigenvalue weighted by Gasteiger charge is 2.18. The van der Waals surface area contributed by atoms with E-state index < -0.39 is 23.1 Å². The smallest absolute Gasteiger partial charge is 0.324 e. The lowest BCUT2D eigenvalue weighted by Crippen LogP contribution is -2.37. The van der Waals surface area contributed by atoms with Gasteiger partial charge in [0.15, 0.2) is 11.2 Å². The van der Waals surface area contributed by atoms with E-state index in [1.54, 1.807) is 24.3 Å². The summed E-state index contributed by atoms with van der Waals surface area (Å²) in [4.78, 5) is 54.2. The number of fused-ring (bicyclic) bond motifs is 1. The molecule has 0 fully saturated rings. The van der Waals surface area contributed by atoms with Crippen LogP contribution < -0.4 is 21.9 Å². The average molecular weight is 468 g/mol. The topological polar surface area (TPSA) is 146 Å². The van der Waals surface area contributed by atoms with Gasteiger partial charge in [0.25, 0.3) is 11.5 Å². The fraction of sp³-hybridized carbons (Fsp3) is 0.250. The first kappa shape index (κ1) is 22.1. The molecule has 2 N–H and O–H groups in total. The summed E-state index contributed by atoms with van der Waals surface area (Å²) < 4.78 is 3.56. The van der Waals surface area contributed by atoms with E-state index in [9.17, 15) is 19.2 Å². The van der Waals surface area contributed by atoms with Crippen LogP contribution in [0, 0.1) is 0 Å².